The van der Waals surface area contributed by atoms with Gasteiger partial charge in [-0.05, 0) is 56.4 Å². The van der Waals surface area contributed by atoms with Crippen molar-refractivity contribution in [3.05, 3.63) is 35.4 Å². The van der Waals surface area contributed by atoms with E-state index in [1.165, 1.54) is 12.1 Å². The lowest BCUT2D eigenvalue weighted by atomic mass is 9.84. The van der Waals surface area contributed by atoms with Crippen LogP contribution in [0.5, 0.6) is 0 Å². The van der Waals surface area contributed by atoms with Crippen molar-refractivity contribution >= 4 is 0 Å². The van der Waals surface area contributed by atoms with Gasteiger partial charge in [-0.1, -0.05) is 13.8 Å². The van der Waals surface area contributed by atoms with E-state index in [0.29, 0.717) is 12.0 Å². The van der Waals surface area contributed by atoms with Crippen LogP contribution in [0.25, 0.3) is 0 Å². The molecule has 0 radical (unpaired) electrons. The van der Waals surface area contributed by atoms with Crippen LogP contribution >= 0.6 is 0 Å². The summed E-state index contributed by atoms with van der Waals surface area (Å²) in [6.45, 7) is 11.1. The fraction of sp³-hybridized carbons (Fsp3) is 0.600. The maximum Gasteiger partial charge on any atom is 0.126 e. The van der Waals surface area contributed by atoms with Gasteiger partial charge < -0.3 is 5.32 Å². The minimum atomic E-state index is -0.383. The van der Waals surface area contributed by atoms with E-state index in [-0.39, 0.29) is 22.6 Å². The van der Waals surface area contributed by atoms with E-state index in [9.17, 15) is 8.78 Å². The Labute approximate surface area is 109 Å². The average molecular weight is 255 g/mol. The highest BCUT2D eigenvalue weighted by Crippen LogP contribution is 2.24. The summed E-state index contributed by atoms with van der Waals surface area (Å²) in [6, 6.07) is 3.63. The lowest BCUT2D eigenvalue weighted by molar-refractivity contribution is 0.286. The van der Waals surface area contributed by atoms with Crippen LogP contribution in [0.3, 0.4) is 0 Å². The van der Waals surface area contributed by atoms with Gasteiger partial charge in [0.25, 0.3) is 0 Å². The third-order valence-corrected chi connectivity index (χ3v) is 2.77. The summed E-state index contributed by atoms with van der Waals surface area (Å²) in [5.74, 6) is -0.716. The molecule has 1 nitrogen and oxygen atoms in total. The van der Waals surface area contributed by atoms with Crippen LogP contribution < -0.4 is 5.32 Å². The van der Waals surface area contributed by atoms with E-state index in [0.717, 1.165) is 12.6 Å². The van der Waals surface area contributed by atoms with Gasteiger partial charge in [-0.15, -0.1) is 0 Å². The number of rotatable bonds is 4. The van der Waals surface area contributed by atoms with Gasteiger partial charge in [0.2, 0.25) is 0 Å². The number of hydrogen-bond acceptors (Lipinski definition) is 1. The molecule has 0 aliphatic rings. The summed E-state index contributed by atoms with van der Waals surface area (Å²) in [6.07, 6.45) is 0.514. The topological polar surface area (TPSA) is 12.0 Å². The van der Waals surface area contributed by atoms with Crippen molar-refractivity contribution in [3.63, 3.8) is 0 Å². The molecule has 0 aliphatic carbocycles. The molecule has 102 valence electrons. The molecule has 0 saturated heterocycles. The van der Waals surface area contributed by atoms with Crippen LogP contribution in [0.15, 0.2) is 18.2 Å². The Morgan fingerprint density at radius 3 is 2.22 bits per heavy atom. The van der Waals surface area contributed by atoms with E-state index >= 15 is 0 Å². The third kappa shape index (κ3) is 5.13. The summed E-state index contributed by atoms with van der Waals surface area (Å²) in [5, 5.41) is 3.40. The molecule has 0 fully saturated rings. The standard InChI is InChI=1S/C15H23F2N/c1-14(2,3)18-10-15(4,5)9-11-8-12(16)6-7-13(11)17/h6-8,18H,9-10H2,1-5H3. The Bertz CT molecular complexity index is 405. The van der Waals surface area contributed by atoms with Gasteiger partial charge >= 0.3 is 0 Å². The van der Waals surface area contributed by atoms with Crippen molar-refractivity contribution in [2.24, 2.45) is 5.41 Å². The first-order valence-electron chi connectivity index (χ1n) is 6.28. The highest BCUT2D eigenvalue weighted by Gasteiger charge is 2.23. The molecule has 0 spiro atoms. The first kappa shape index (κ1) is 15.1. The van der Waals surface area contributed by atoms with Gasteiger partial charge in [0.15, 0.2) is 0 Å². The first-order chi connectivity index (χ1) is 8.09. The van der Waals surface area contributed by atoms with Crippen molar-refractivity contribution in [1.82, 2.24) is 5.32 Å². The van der Waals surface area contributed by atoms with Crippen molar-refractivity contribution in [2.45, 2.75) is 46.6 Å². The van der Waals surface area contributed by atoms with E-state index in [1.54, 1.807) is 0 Å². The molecule has 0 heterocycles. The lowest BCUT2D eigenvalue weighted by Gasteiger charge is -2.30. The highest BCUT2D eigenvalue weighted by atomic mass is 19.1. The Hall–Kier alpha value is -0.960. The second-order valence-corrected chi connectivity index (χ2v) is 6.68. The van der Waals surface area contributed by atoms with Gasteiger partial charge in [-0.25, -0.2) is 8.78 Å². The van der Waals surface area contributed by atoms with Gasteiger partial charge in [0.1, 0.15) is 11.6 Å². The normalized spacial score (nSPS) is 12.8. The Morgan fingerprint density at radius 1 is 1.06 bits per heavy atom. The molecular weight excluding hydrogens is 232 g/mol. The van der Waals surface area contributed by atoms with Gasteiger partial charge in [-0.3, -0.25) is 0 Å². The lowest BCUT2D eigenvalue weighted by Crippen LogP contribution is -2.42. The molecule has 1 N–H and O–H groups in total. The SMILES string of the molecule is CC(C)(CNC(C)(C)C)Cc1cc(F)ccc1F. The molecule has 3 heteroatoms. The zero-order valence-corrected chi connectivity index (χ0v) is 11.9. The summed E-state index contributed by atoms with van der Waals surface area (Å²) in [7, 11) is 0. The van der Waals surface area contributed by atoms with E-state index < -0.39 is 0 Å². The Kier molecular flexibility index (Phi) is 4.49. The van der Waals surface area contributed by atoms with Gasteiger partial charge in [0.05, 0.1) is 0 Å². The van der Waals surface area contributed by atoms with Crippen LogP contribution in [-0.2, 0) is 6.42 Å². The number of halogens is 2. The quantitative estimate of drug-likeness (QED) is 0.859. The summed E-state index contributed by atoms with van der Waals surface area (Å²) in [4.78, 5) is 0. The van der Waals surface area contributed by atoms with Gasteiger partial charge in [-0.2, -0.15) is 0 Å². The maximum atomic E-state index is 13.6. The van der Waals surface area contributed by atoms with Crippen LogP contribution in [-0.4, -0.2) is 12.1 Å². The smallest absolute Gasteiger partial charge is 0.126 e. The summed E-state index contributed by atoms with van der Waals surface area (Å²) >= 11 is 0. The fourth-order valence-corrected chi connectivity index (χ4v) is 1.76. The van der Waals surface area contributed by atoms with Crippen molar-refractivity contribution in [2.75, 3.05) is 6.54 Å². The van der Waals surface area contributed by atoms with Crippen molar-refractivity contribution in [3.8, 4) is 0 Å². The number of benzene rings is 1. The predicted octanol–water partition coefficient (Wildman–Crippen LogP) is 3.92. The summed E-state index contributed by atoms with van der Waals surface area (Å²) in [5.41, 5.74) is 0.343. The molecule has 1 rings (SSSR count). The van der Waals surface area contributed by atoms with E-state index in [1.807, 2.05) is 0 Å². The average Bonchev–Trinajstić information content (AvgIpc) is 2.20. The maximum absolute atomic E-state index is 13.6. The molecular formula is C15H23F2N. The number of hydrogen-bond donors (Lipinski definition) is 1. The summed E-state index contributed by atoms with van der Waals surface area (Å²) < 4.78 is 26.7. The van der Waals surface area contributed by atoms with E-state index in [4.69, 9.17) is 0 Å². The molecule has 1 aromatic carbocycles. The van der Waals surface area contributed by atoms with Gasteiger partial charge in [0, 0.05) is 12.1 Å². The van der Waals surface area contributed by atoms with Crippen LogP contribution in [0.4, 0.5) is 8.78 Å². The monoisotopic (exact) mass is 255 g/mol. The number of nitrogens with one attached hydrogen (secondary N) is 1. The molecule has 0 unspecified atom stereocenters. The second-order valence-electron chi connectivity index (χ2n) is 6.68. The molecule has 0 atom stereocenters. The zero-order chi connectivity index (χ0) is 14.0. The van der Waals surface area contributed by atoms with Crippen molar-refractivity contribution in [1.29, 1.82) is 0 Å². The van der Waals surface area contributed by atoms with Crippen LogP contribution in [0.1, 0.15) is 40.2 Å². The zero-order valence-electron chi connectivity index (χ0n) is 11.9. The first-order valence-corrected chi connectivity index (χ1v) is 6.28. The largest absolute Gasteiger partial charge is 0.312 e. The molecule has 1 aromatic rings. The molecule has 0 saturated carbocycles. The fourth-order valence-electron chi connectivity index (χ4n) is 1.76. The molecule has 0 amide bonds. The minimum absolute atomic E-state index is 0.0255. The second kappa shape index (κ2) is 5.35. The minimum Gasteiger partial charge on any atom is -0.312 e. The van der Waals surface area contributed by atoms with Crippen LogP contribution in [0.2, 0.25) is 0 Å². The highest BCUT2D eigenvalue weighted by molar-refractivity contribution is 5.20. The molecule has 0 bridgehead atoms. The third-order valence-electron chi connectivity index (χ3n) is 2.77. The van der Waals surface area contributed by atoms with Crippen molar-refractivity contribution < 1.29 is 8.78 Å². The van der Waals surface area contributed by atoms with Crippen LogP contribution in [0, 0.1) is 17.0 Å². The molecule has 18 heavy (non-hydrogen) atoms. The predicted molar refractivity (Wildman–Crippen MR) is 71.6 cm³/mol. The Morgan fingerprint density at radius 2 is 1.67 bits per heavy atom. The molecule has 0 aliphatic heterocycles. The van der Waals surface area contributed by atoms with E-state index in [2.05, 4.69) is 39.9 Å². The Balaban J connectivity index is 2.72. The molecule has 0 aromatic heterocycles.